The number of amides is 1. The summed E-state index contributed by atoms with van der Waals surface area (Å²) in [6.45, 7) is 0. The molecule has 104 valence electrons. The number of anilines is 1. The van der Waals surface area contributed by atoms with Gasteiger partial charge in [0, 0.05) is 18.3 Å². The minimum Gasteiger partial charge on any atom is -0.321 e. The molecule has 0 unspecified atom stereocenters. The summed E-state index contributed by atoms with van der Waals surface area (Å²) >= 11 is 0. The van der Waals surface area contributed by atoms with Gasteiger partial charge >= 0.3 is 0 Å². The van der Waals surface area contributed by atoms with Gasteiger partial charge < -0.3 is 5.32 Å². The summed E-state index contributed by atoms with van der Waals surface area (Å²) in [5.74, 6) is -1.75. The fourth-order valence-electron chi connectivity index (χ4n) is 1.59. The van der Waals surface area contributed by atoms with Crippen molar-refractivity contribution in [2.24, 2.45) is 0 Å². The van der Waals surface area contributed by atoms with Crippen molar-refractivity contribution in [1.29, 1.82) is 5.26 Å². The first-order valence-corrected chi connectivity index (χ1v) is 5.63. The molecule has 2 aromatic rings. The number of nitro benzene ring substituents is 1. The SMILES string of the molecule is N#Cc1cc([N+](=O)[O-])ccc1NC(=O)c1cccnc1F. The first kappa shape index (κ1) is 14.1. The molecule has 1 N–H and O–H groups in total. The van der Waals surface area contributed by atoms with Crippen LogP contribution in [-0.2, 0) is 0 Å². The Morgan fingerprint density at radius 3 is 2.81 bits per heavy atom. The number of nitrogens with one attached hydrogen (secondary N) is 1. The smallest absolute Gasteiger partial charge is 0.270 e. The fraction of sp³-hybridized carbons (Fsp3) is 0. The number of carbonyl (C=O) groups is 1. The van der Waals surface area contributed by atoms with Gasteiger partial charge in [0.2, 0.25) is 5.95 Å². The van der Waals surface area contributed by atoms with Gasteiger partial charge in [-0.1, -0.05) is 0 Å². The molecule has 0 fully saturated rings. The predicted octanol–water partition coefficient (Wildman–Crippen LogP) is 2.25. The van der Waals surface area contributed by atoms with Crippen LogP contribution < -0.4 is 5.32 Å². The van der Waals surface area contributed by atoms with E-state index in [0.29, 0.717) is 0 Å². The van der Waals surface area contributed by atoms with E-state index in [1.165, 1.54) is 24.4 Å². The van der Waals surface area contributed by atoms with E-state index in [9.17, 15) is 19.3 Å². The highest BCUT2D eigenvalue weighted by Crippen LogP contribution is 2.22. The van der Waals surface area contributed by atoms with Crippen LogP contribution in [0.2, 0.25) is 0 Å². The zero-order valence-electron chi connectivity index (χ0n) is 10.4. The van der Waals surface area contributed by atoms with E-state index in [1.54, 1.807) is 6.07 Å². The number of carbonyl (C=O) groups excluding carboxylic acids is 1. The Hall–Kier alpha value is -3.34. The molecule has 0 spiro atoms. The van der Waals surface area contributed by atoms with Crippen LogP contribution in [0, 0.1) is 27.4 Å². The molecule has 0 radical (unpaired) electrons. The minimum atomic E-state index is -0.949. The third kappa shape index (κ3) is 2.98. The summed E-state index contributed by atoms with van der Waals surface area (Å²) in [6, 6.07) is 7.72. The summed E-state index contributed by atoms with van der Waals surface area (Å²) in [4.78, 5) is 25.2. The molecule has 0 saturated carbocycles. The summed E-state index contributed by atoms with van der Waals surface area (Å²) in [5, 5.41) is 21.9. The van der Waals surface area contributed by atoms with Crippen molar-refractivity contribution in [3.63, 3.8) is 0 Å². The van der Waals surface area contributed by atoms with Crippen molar-refractivity contribution in [2.45, 2.75) is 0 Å². The normalized spacial score (nSPS) is 9.71. The number of nitro groups is 1. The molecule has 0 bridgehead atoms. The number of aromatic nitrogens is 1. The monoisotopic (exact) mass is 286 g/mol. The van der Waals surface area contributed by atoms with Crippen LogP contribution in [0.3, 0.4) is 0 Å². The van der Waals surface area contributed by atoms with Gasteiger partial charge in [0.25, 0.3) is 11.6 Å². The van der Waals surface area contributed by atoms with E-state index in [0.717, 1.165) is 12.1 Å². The van der Waals surface area contributed by atoms with Gasteiger partial charge in [-0.15, -0.1) is 0 Å². The van der Waals surface area contributed by atoms with Gasteiger partial charge in [-0.05, 0) is 18.2 Å². The van der Waals surface area contributed by atoms with Crippen LogP contribution in [-0.4, -0.2) is 15.8 Å². The van der Waals surface area contributed by atoms with Gasteiger partial charge in [-0.3, -0.25) is 14.9 Å². The second-order valence-electron chi connectivity index (χ2n) is 3.89. The standard InChI is InChI=1S/C13H7FN4O3/c14-12-10(2-1-5-16-12)13(19)17-11-4-3-9(18(20)21)6-8(11)7-15/h1-6H,(H,17,19). The number of nitrogens with zero attached hydrogens (tertiary/aromatic N) is 3. The number of non-ortho nitro benzene ring substituents is 1. The predicted molar refractivity (Wildman–Crippen MR) is 70.0 cm³/mol. The molecule has 0 aliphatic heterocycles. The second-order valence-corrected chi connectivity index (χ2v) is 3.89. The van der Waals surface area contributed by atoms with Gasteiger partial charge in [0.1, 0.15) is 6.07 Å². The second kappa shape index (κ2) is 5.75. The number of halogens is 1. The van der Waals surface area contributed by atoms with E-state index < -0.39 is 16.8 Å². The molecule has 1 amide bonds. The van der Waals surface area contributed by atoms with Crippen molar-refractivity contribution in [2.75, 3.05) is 5.32 Å². The molecule has 0 aliphatic carbocycles. The summed E-state index contributed by atoms with van der Waals surface area (Å²) in [5.41, 5.74) is -0.616. The van der Waals surface area contributed by atoms with Crippen LogP contribution in [0.25, 0.3) is 0 Å². The summed E-state index contributed by atoms with van der Waals surface area (Å²) in [6.07, 6.45) is 1.19. The number of benzene rings is 1. The molecular formula is C13H7FN4O3. The molecular weight excluding hydrogens is 279 g/mol. The molecule has 7 nitrogen and oxygen atoms in total. The van der Waals surface area contributed by atoms with E-state index in [2.05, 4.69) is 10.3 Å². The Balaban J connectivity index is 2.32. The lowest BCUT2D eigenvalue weighted by atomic mass is 10.1. The molecule has 2 rings (SSSR count). The minimum absolute atomic E-state index is 0.0522. The van der Waals surface area contributed by atoms with E-state index in [1.807, 2.05) is 0 Å². The van der Waals surface area contributed by atoms with Crippen LogP contribution >= 0.6 is 0 Å². The number of nitriles is 1. The topological polar surface area (TPSA) is 109 Å². The van der Waals surface area contributed by atoms with E-state index in [-0.39, 0.29) is 22.5 Å². The molecule has 1 aromatic heterocycles. The third-order valence-electron chi connectivity index (χ3n) is 2.59. The number of rotatable bonds is 3. The Labute approximate surface area is 117 Å². The first-order valence-electron chi connectivity index (χ1n) is 5.63. The summed E-state index contributed by atoms with van der Waals surface area (Å²) in [7, 11) is 0. The van der Waals surface area contributed by atoms with Crippen LogP contribution in [0.4, 0.5) is 15.8 Å². The van der Waals surface area contributed by atoms with Gasteiger partial charge in [0.15, 0.2) is 0 Å². The van der Waals surface area contributed by atoms with Gasteiger partial charge in [-0.2, -0.15) is 9.65 Å². The average molecular weight is 286 g/mol. The van der Waals surface area contributed by atoms with Crippen LogP contribution in [0.1, 0.15) is 15.9 Å². The highest BCUT2D eigenvalue weighted by molar-refractivity contribution is 6.04. The van der Waals surface area contributed by atoms with Crippen LogP contribution in [0.15, 0.2) is 36.5 Å². The van der Waals surface area contributed by atoms with Gasteiger partial charge in [-0.25, -0.2) is 4.98 Å². The zero-order valence-corrected chi connectivity index (χ0v) is 10.4. The summed E-state index contributed by atoms with van der Waals surface area (Å²) < 4.78 is 13.4. The van der Waals surface area contributed by atoms with Crippen LogP contribution in [0.5, 0.6) is 0 Å². The Bertz CT molecular complexity index is 770. The highest BCUT2D eigenvalue weighted by atomic mass is 19.1. The highest BCUT2D eigenvalue weighted by Gasteiger charge is 2.16. The maximum Gasteiger partial charge on any atom is 0.270 e. The maximum atomic E-state index is 13.4. The largest absolute Gasteiger partial charge is 0.321 e. The van der Waals surface area contributed by atoms with Crippen molar-refractivity contribution in [3.8, 4) is 6.07 Å². The lowest BCUT2D eigenvalue weighted by Crippen LogP contribution is -2.15. The Kier molecular flexibility index (Phi) is 3.85. The van der Waals surface area contributed by atoms with E-state index >= 15 is 0 Å². The molecule has 1 heterocycles. The first-order chi connectivity index (χ1) is 10.0. The lowest BCUT2D eigenvalue weighted by Gasteiger charge is -2.07. The van der Waals surface area contributed by atoms with Crippen molar-refractivity contribution >= 4 is 17.3 Å². The average Bonchev–Trinajstić information content (AvgIpc) is 2.47. The molecule has 0 saturated heterocycles. The van der Waals surface area contributed by atoms with Crippen molar-refractivity contribution < 1.29 is 14.1 Å². The number of hydrogen-bond donors (Lipinski definition) is 1. The quantitative estimate of drug-likeness (QED) is 0.528. The number of hydrogen-bond acceptors (Lipinski definition) is 5. The van der Waals surface area contributed by atoms with Gasteiger partial charge in [0.05, 0.1) is 21.7 Å². The molecule has 0 atom stereocenters. The Morgan fingerprint density at radius 1 is 1.43 bits per heavy atom. The van der Waals surface area contributed by atoms with Crippen molar-refractivity contribution in [1.82, 2.24) is 4.98 Å². The Morgan fingerprint density at radius 2 is 2.19 bits per heavy atom. The van der Waals surface area contributed by atoms with Crippen molar-refractivity contribution in [3.05, 3.63) is 63.7 Å². The fourth-order valence-corrected chi connectivity index (χ4v) is 1.59. The third-order valence-corrected chi connectivity index (χ3v) is 2.59. The molecule has 8 heteroatoms. The molecule has 21 heavy (non-hydrogen) atoms. The molecule has 1 aromatic carbocycles. The lowest BCUT2D eigenvalue weighted by molar-refractivity contribution is -0.384. The number of pyridine rings is 1. The zero-order chi connectivity index (χ0) is 15.4. The maximum absolute atomic E-state index is 13.4. The molecule has 0 aliphatic rings. The van der Waals surface area contributed by atoms with E-state index in [4.69, 9.17) is 5.26 Å².